The van der Waals surface area contributed by atoms with E-state index in [0.717, 1.165) is 12.3 Å². The highest BCUT2D eigenvalue weighted by atomic mass is 35.5. The quantitative estimate of drug-likeness (QED) is 0.652. The standard InChI is InChI=1S/C17H27Cl2NO2/c1-12(2)5-4-6-13(3)20-10-15(21)11-22-17-9-14(18)7-8-16(17)19/h7-9,12-13,15,20-21H,4-6,10-11H2,1-3H3/t13-,15+/m0/s1. The topological polar surface area (TPSA) is 41.5 Å². The maximum Gasteiger partial charge on any atom is 0.139 e. The van der Waals surface area contributed by atoms with Crippen LogP contribution in [0.1, 0.15) is 40.0 Å². The molecule has 0 heterocycles. The number of aliphatic hydroxyl groups excluding tert-OH is 1. The van der Waals surface area contributed by atoms with Gasteiger partial charge >= 0.3 is 0 Å². The summed E-state index contributed by atoms with van der Waals surface area (Å²) in [6.45, 7) is 7.30. The summed E-state index contributed by atoms with van der Waals surface area (Å²) in [6.07, 6.45) is 2.98. The van der Waals surface area contributed by atoms with E-state index >= 15 is 0 Å². The van der Waals surface area contributed by atoms with Gasteiger partial charge < -0.3 is 15.2 Å². The predicted octanol–water partition coefficient (Wildman–Crippen LogP) is 4.54. The van der Waals surface area contributed by atoms with Crippen molar-refractivity contribution in [2.45, 2.75) is 52.2 Å². The second kappa shape index (κ2) is 10.3. The molecule has 22 heavy (non-hydrogen) atoms. The third kappa shape index (κ3) is 8.23. The summed E-state index contributed by atoms with van der Waals surface area (Å²) < 4.78 is 5.52. The molecule has 2 N–H and O–H groups in total. The van der Waals surface area contributed by atoms with E-state index in [4.69, 9.17) is 27.9 Å². The molecular weight excluding hydrogens is 321 g/mol. The molecule has 1 rings (SSSR count). The fourth-order valence-electron chi connectivity index (χ4n) is 2.10. The predicted molar refractivity (Wildman–Crippen MR) is 94.1 cm³/mol. The van der Waals surface area contributed by atoms with Crippen LogP contribution < -0.4 is 10.1 Å². The van der Waals surface area contributed by atoms with Crippen LogP contribution in [0.2, 0.25) is 10.0 Å². The molecule has 0 spiro atoms. The van der Waals surface area contributed by atoms with Crippen molar-refractivity contribution in [3.05, 3.63) is 28.2 Å². The Hall–Kier alpha value is -0.480. The fraction of sp³-hybridized carbons (Fsp3) is 0.647. The van der Waals surface area contributed by atoms with E-state index in [1.165, 1.54) is 12.8 Å². The average molecular weight is 348 g/mol. The molecule has 1 aromatic rings. The van der Waals surface area contributed by atoms with Gasteiger partial charge in [-0.2, -0.15) is 0 Å². The van der Waals surface area contributed by atoms with E-state index in [9.17, 15) is 5.11 Å². The molecule has 1 aromatic carbocycles. The first-order valence-electron chi connectivity index (χ1n) is 7.87. The van der Waals surface area contributed by atoms with E-state index in [1.54, 1.807) is 18.2 Å². The first-order valence-corrected chi connectivity index (χ1v) is 8.63. The minimum Gasteiger partial charge on any atom is -0.489 e. The Labute approximate surface area is 144 Å². The highest BCUT2D eigenvalue weighted by molar-refractivity contribution is 6.34. The lowest BCUT2D eigenvalue weighted by molar-refractivity contribution is 0.104. The largest absolute Gasteiger partial charge is 0.489 e. The van der Waals surface area contributed by atoms with Crippen LogP contribution in [0.15, 0.2) is 18.2 Å². The molecule has 0 aliphatic carbocycles. The van der Waals surface area contributed by atoms with Crippen LogP contribution >= 0.6 is 23.2 Å². The number of hydrogen-bond acceptors (Lipinski definition) is 3. The van der Waals surface area contributed by atoms with Crippen LogP contribution in [0.25, 0.3) is 0 Å². The number of hydrogen-bond donors (Lipinski definition) is 2. The van der Waals surface area contributed by atoms with Crippen LogP contribution in [-0.4, -0.2) is 30.4 Å². The first-order chi connectivity index (χ1) is 10.4. The summed E-state index contributed by atoms with van der Waals surface area (Å²) in [4.78, 5) is 0. The second-order valence-electron chi connectivity index (χ2n) is 6.17. The van der Waals surface area contributed by atoms with Crippen LogP contribution in [0.5, 0.6) is 5.75 Å². The molecule has 2 atom stereocenters. The van der Waals surface area contributed by atoms with Crippen LogP contribution in [0.3, 0.4) is 0 Å². The summed E-state index contributed by atoms with van der Waals surface area (Å²) in [5, 5.41) is 14.4. The summed E-state index contributed by atoms with van der Waals surface area (Å²) in [6, 6.07) is 5.43. The average Bonchev–Trinajstić information content (AvgIpc) is 2.45. The van der Waals surface area contributed by atoms with E-state index in [-0.39, 0.29) is 6.61 Å². The lowest BCUT2D eigenvalue weighted by atomic mass is 10.0. The Kier molecular flexibility index (Phi) is 9.18. The summed E-state index contributed by atoms with van der Waals surface area (Å²) >= 11 is 11.9. The molecule has 3 nitrogen and oxygen atoms in total. The molecule has 0 saturated carbocycles. The third-order valence-electron chi connectivity index (χ3n) is 3.45. The van der Waals surface area contributed by atoms with E-state index < -0.39 is 6.10 Å². The molecule has 0 radical (unpaired) electrons. The van der Waals surface area contributed by atoms with Gasteiger partial charge in [0.05, 0.1) is 5.02 Å². The van der Waals surface area contributed by atoms with Crippen molar-refractivity contribution in [3.8, 4) is 5.75 Å². The van der Waals surface area contributed by atoms with Gasteiger partial charge in [-0.3, -0.25) is 0 Å². The van der Waals surface area contributed by atoms with E-state index in [1.807, 2.05) is 0 Å². The number of benzene rings is 1. The first kappa shape index (κ1) is 19.6. The lowest BCUT2D eigenvalue weighted by Gasteiger charge is -2.18. The van der Waals surface area contributed by atoms with Crippen LogP contribution in [-0.2, 0) is 0 Å². The number of ether oxygens (including phenoxy) is 1. The maximum absolute atomic E-state index is 9.97. The number of halogens is 2. The monoisotopic (exact) mass is 347 g/mol. The van der Waals surface area contributed by atoms with Gasteiger partial charge in [0.1, 0.15) is 18.5 Å². The van der Waals surface area contributed by atoms with Gasteiger partial charge in [-0.25, -0.2) is 0 Å². The van der Waals surface area contributed by atoms with Crippen molar-refractivity contribution < 1.29 is 9.84 Å². The molecule has 0 amide bonds. The van der Waals surface area contributed by atoms with Crippen LogP contribution in [0, 0.1) is 5.92 Å². The Morgan fingerprint density at radius 3 is 2.59 bits per heavy atom. The molecule has 126 valence electrons. The molecule has 0 aromatic heterocycles. The number of rotatable bonds is 10. The van der Waals surface area contributed by atoms with Crippen molar-refractivity contribution in [2.75, 3.05) is 13.2 Å². The number of nitrogens with one attached hydrogen (secondary N) is 1. The van der Waals surface area contributed by atoms with Gasteiger partial charge in [0, 0.05) is 23.7 Å². The van der Waals surface area contributed by atoms with Gasteiger partial charge in [0.25, 0.3) is 0 Å². The molecule has 0 aliphatic heterocycles. The van der Waals surface area contributed by atoms with Crippen LogP contribution in [0.4, 0.5) is 0 Å². The highest BCUT2D eigenvalue weighted by Crippen LogP contribution is 2.27. The van der Waals surface area contributed by atoms with E-state index in [2.05, 4.69) is 26.1 Å². The van der Waals surface area contributed by atoms with Gasteiger partial charge in [-0.1, -0.05) is 49.9 Å². The summed E-state index contributed by atoms with van der Waals surface area (Å²) in [5.74, 6) is 1.24. The Bertz CT molecular complexity index is 441. The van der Waals surface area contributed by atoms with E-state index in [0.29, 0.717) is 28.4 Å². The third-order valence-corrected chi connectivity index (χ3v) is 3.99. The minimum atomic E-state index is -0.581. The second-order valence-corrected chi connectivity index (χ2v) is 7.02. The maximum atomic E-state index is 9.97. The fourth-order valence-corrected chi connectivity index (χ4v) is 2.44. The molecule has 0 saturated heterocycles. The van der Waals surface area contributed by atoms with Gasteiger partial charge in [-0.15, -0.1) is 0 Å². The SMILES string of the molecule is CC(C)CCC[C@H](C)NC[C@@H](O)COc1cc(Cl)ccc1Cl. The molecule has 0 bridgehead atoms. The molecule has 0 fully saturated rings. The Balaban J connectivity index is 2.23. The lowest BCUT2D eigenvalue weighted by Crippen LogP contribution is -2.36. The minimum absolute atomic E-state index is 0.186. The van der Waals surface area contributed by atoms with Crippen molar-refractivity contribution >= 4 is 23.2 Å². The normalized spacial score (nSPS) is 14.1. The molecule has 0 aliphatic rings. The number of aliphatic hydroxyl groups is 1. The van der Waals surface area contributed by atoms with Crippen molar-refractivity contribution in [3.63, 3.8) is 0 Å². The Morgan fingerprint density at radius 2 is 1.91 bits per heavy atom. The summed E-state index contributed by atoms with van der Waals surface area (Å²) in [7, 11) is 0. The zero-order valence-corrected chi connectivity index (χ0v) is 15.1. The smallest absolute Gasteiger partial charge is 0.139 e. The van der Waals surface area contributed by atoms with Crippen molar-refractivity contribution in [1.29, 1.82) is 0 Å². The zero-order chi connectivity index (χ0) is 16.5. The van der Waals surface area contributed by atoms with Crippen molar-refractivity contribution in [2.24, 2.45) is 5.92 Å². The summed E-state index contributed by atoms with van der Waals surface area (Å²) in [5.41, 5.74) is 0. The zero-order valence-electron chi connectivity index (χ0n) is 13.6. The molecule has 0 unspecified atom stereocenters. The molecular formula is C17H27Cl2NO2. The molecule has 5 heteroatoms. The van der Waals surface area contributed by atoms with Gasteiger partial charge in [-0.05, 0) is 31.4 Å². The highest BCUT2D eigenvalue weighted by Gasteiger charge is 2.10. The van der Waals surface area contributed by atoms with Crippen molar-refractivity contribution in [1.82, 2.24) is 5.32 Å². The Morgan fingerprint density at radius 1 is 1.18 bits per heavy atom. The van der Waals surface area contributed by atoms with Gasteiger partial charge in [0.15, 0.2) is 0 Å². The van der Waals surface area contributed by atoms with Gasteiger partial charge in [0.2, 0.25) is 0 Å².